The average Bonchev–Trinajstić information content (AvgIpc) is 2.37. The lowest BCUT2D eigenvalue weighted by Gasteiger charge is -2.29. The van der Waals surface area contributed by atoms with Crippen LogP contribution in [-0.2, 0) is 0 Å². The summed E-state index contributed by atoms with van der Waals surface area (Å²) < 4.78 is 5.76. The fourth-order valence-corrected chi connectivity index (χ4v) is 2.25. The lowest BCUT2D eigenvalue weighted by molar-refractivity contribution is 0.150. The van der Waals surface area contributed by atoms with E-state index >= 15 is 0 Å². The van der Waals surface area contributed by atoms with Gasteiger partial charge in [0, 0.05) is 12.5 Å². The molecule has 0 aliphatic carbocycles. The van der Waals surface area contributed by atoms with Gasteiger partial charge in [-0.25, -0.2) is 0 Å². The second kappa shape index (κ2) is 5.70. The van der Waals surface area contributed by atoms with Gasteiger partial charge in [-0.05, 0) is 50.7 Å². The summed E-state index contributed by atoms with van der Waals surface area (Å²) in [6, 6.07) is 9.42. The number of hydrogen-bond donors (Lipinski definition) is 0. The highest BCUT2D eigenvalue weighted by Gasteiger charge is 2.17. The molecule has 1 unspecified atom stereocenters. The monoisotopic (exact) mass is 230 g/mol. The van der Waals surface area contributed by atoms with E-state index in [0.717, 1.165) is 18.9 Å². The van der Waals surface area contributed by atoms with Gasteiger partial charge in [0.25, 0.3) is 0 Å². The molecule has 1 aliphatic rings. The molecule has 1 atom stereocenters. The van der Waals surface area contributed by atoms with E-state index in [2.05, 4.69) is 18.0 Å². The van der Waals surface area contributed by atoms with Gasteiger partial charge in [0.1, 0.15) is 5.75 Å². The Kier molecular flexibility index (Phi) is 4.00. The van der Waals surface area contributed by atoms with Crippen LogP contribution in [0, 0.1) is 17.2 Å². The number of hydrogen-bond acceptors (Lipinski definition) is 3. The first-order chi connectivity index (χ1) is 8.28. The first-order valence-electron chi connectivity index (χ1n) is 6.09. The first-order valence-corrected chi connectivity index (χ1v) is 6.09. The van der Waals surface area contributed by atoms with Crippen molar-refractivity contribution in [3.05, 3.63) is 29.8 Å². The van der Waals surface area contributed by atoms with Crippen LogP contribution in [0.4, 0.5) is 0 Å². The van der Waals surface area contributed by atoms with Crippen molar-refractivity contribution >= 4 is 0 Å². The van der Waals surface area contributed by atoms with E-state index in [1.54, 1.807) is 12.1 Å². The third-order valence-corrected chi connectivity index (χ3v) is 3.19. The Balaban J connectivity index is 1.83. The summed E-state index contributed by atoms with van der Waals surface area (Å²) in [6.07, 6.45) is 2.51. The van der Waals surface area contributed by atoms with Crippen LogP contribution in [0.5, 0.6) is 5.75 Å². The molecular formula is C14H18N2O. The van der Waals surface area contributed by atoms with Crippen molar-refractivity contribution < 1.29 is 4.74 Å². The van der Waals surface area contributed by atoms with Crippen LogP contribution in [0.2, 0.25) is 0 Å². The lowest BCUT2D eigenvalue weighted by Crippen LogP contribution is -2.34. The molecule has 3 heteroatoms. The summed E-state index contributed by atoms with van der Waals surface area (Å²) in [5.74, 6) is 1.49. The Morgan fingerprint density at radius 2 is 2.18 bits per heavy atom. The minimum absolute atomic E-state index is 0.629. The smallest absolute Gasteiger partial charge is 0.119 e. The normalized spacial score (nSPS) is 20.8. The zero-order valence-electron chi connectivity index (χ0n) is 10.2. The predicted molar refractivity (Wildman–Crippen MR) is 66.9 cm³/mol. The SMILES string of the molecule is CN1CCCC(COc2ccc(C#N)cc2)C1. The standard InChI is InChI=1S/C14H18N2O/c1-16-8-2-3-13(10-16)11-17-14-6-4-12(9-15)5-7-14/h4-7,13H,2-3,8,10-11H2,1H3. The van der Waals surface area contributed by atoms with Crippen molar-refractivity contribution in [3.8, 4) is 11.8 Å². The van der Waals surface area contributed by atoms with Crippen molar-refractivity contribution in [1.29, 1.82) is 5.26 Å². The van der Waals surface area contributed by atoms with Crippen LogP contribution in [-0.4, -0.2) is 31.6 Å². The molecule has 0 aromatic heterocycles. The van der Waals surface area contributed by atoms with Crippen LogP contribution in [0.15, 0.2) is 24.3 Å². The van der Waals surface area contributed by atoms with Gasteiger partial charge in [0.05, 0.1) is 18.2 Å². The Labute approximate surface area is 103 Å². The van der Waals surface area contributed by atoms with E-state index in [-0.39, 0.29) is 0 Å². The molecule has 1 saturated heterocycles. The fraction of sp³-hybridized carbons (Fsp3) is 0.500. The predicted octanol–water partition coefficient (Wildman–Crippen LogP) is 2.28. The number of nitrogens with zero attached hydrogens (tertiary/aromatic N) is 2. The molecule has 1 aliphatic heterocycles. The molecule has 3 nitrogen and oxygen atoms in total. The van der Waals surface area contributed by atoms with Gasteiger partial charge in [-0.15, -0.1) is 0 Å². The van der Waals surface area contributed by atoms with Crippen LogP contribution >= 0.6 is 0 Å². The van der Waals surface area contributed by atoms with Gasteiger partial charge in [-0.3, -0.25) is 0 Å². The number of rotatable bonds is 3. The van der Waals surface area contributed by atoms with E-state index in [1.165, 1.54) is 19.4 Å². The molecular weight excluding hydrogens is 212 g/mol. The summed E-state index contributed by atoms with van der Waals surface area (Å²) in [6.45, 7) is 3.10. The van der Waals surface area contributed by atoms with E-state index in [0.29, 0.717) is 11.5 Å². The highest BCUT2D eigenvalue weighted by atomic mass is 16.5. The molecule has 0 bridgehead atoms. The number of likely N-dealkylation sites (tertiary alicyclic amines) is 1. The highest BCUT2D eigenvalue weighted by Crippen LogP contribution is 2.18. The second-order valence-corrected chi connectivity index (χ2v) is 4.72. The van der Waals surface area contributed by atoms with E-state index < -0.39 is 0 Å². The third kappa shape index (κ3) is 3.47. The minimum atomic E-state index is 0.629. The van der Waals surface area contributed by atoms with Gasteiger partial charge in [-0.1, -0.05) is 0 Å². The molecule has 0 spiro atoms. The summed E-state index contributed by atoms with van der Waals surface area (Å²) in [5, 5.41) is 8.70. The Morgan fingerprint density at radius 3 is 2.82 bits per heavy atom. The lowest BCUT2D eigenvalue weighted by atomic mass is 10.00. The van der Waals surface area contributed by atoms with Gasteiger partial charge in [-0.2, -0.15) is 5.26 Å². The molecule has 2 rings (SSSR count). The van der Waals surface area contributed by atoms with Gasteiger partial charge in [0.2, 0.25) is 0 Å². The molecule has 17 heavy (non-hydrogen) atoms. The van der Waals surface area contributed by atoms with Crippen LogP contribution in [0.1, 0.15) is 18.4 Å². The van der Waals surface area contributed by atoms with Crippen molar-refractivity contribution in [1.82, 2.24) is 4.90 Å². The number of ether oxygens (including phenoxy) is 1. The number of nitriles is 1. The largest absolute Gasteiger partial charge is 0.493 e. The van der Waals surface area contributed by atoms with Crippen LogP contribution in [0.3, 0.4) is 0 Å². The maximum atomic E-state index is 8.70. The van der Waals surface area contributed by atoms with Crippen molar-refractivity contribution in [2.24, 2.45) is 5.92 Å². The Bertz CT molecular complexity index is 394. The molecule has 0 saturated carbocycles. The quantitative estimate of drug-likeness (QED) is 0.799. The Morgan fingerprint density at radius 1 is 1.41 bits per heavy atom. The molecule has 1 fully saturated rings. The van der Waals surface area contributed by atoms with Crippen molar-refractivity contribution in [2.75, 3.05) is 26.7 Å². The summed E-state index contributed by atoms with van der Waals surface area (Å²) in [7, 11) is 2.16. The second-order valence-electron chi connectivity index (χ2n) is 4.72. The van der Waals surface area contributed by atoms with Gasteiger partial charge in [0.15, 0.2) is 0 Å². The molecule has 1 aromatic rings. The number of piperidine rings is 1. The minimum Gasteiger partial charge on any atom is -0.493 e. The van der Waals surface area contributed by atoms with E-state index in [9.17, 15) is 0 Å². The molecule has 0 amide bonds. The average molecular weight is 230 g/mol. The molecule has 1 heterocycles. The Hall–Kier alpha value is -1.53. The van der Waals surface area contributed by atoms with Gasteiger partial charge < -0.3 is 9.64 Å². The topological polar surface area (TPSA) is 36.3 Å². The van der Waals surface area contributed by atoms with E-state index in [1.807, 2.05) is 12.1 Å². The third-order valence-electron chi connectivity index (χ3n) is 3.19. The van der Waals surface area contributed by atoms with Crippen LogP contribution in [0.25, 0.3) is 0 Å². The molecule has 90 valence electrons. The maximum Gasteiger partial charge on any atom is 0.119 e. The maximum absolute atomic E-state index is 8.70. The highest BCUT2D eigenvalue weighted by molar-refractivity contribution is 5.34. The van der Waals surface area contributed by atoms with Crippen molar-refractivity contribution in [2.45, 2.75) is 12.8 Å². The molecule has 1 aromatic carbocycles. The zero-order chi connectivity index (χ0) is 12.1. The summed E-state index contributed by atoms with van der Waals surface area (Å²) in [5.41, 5.74) is 0.676. The first kappa shape index (κ1) is 11.9. The molecule has 0 radical (unpaired) electrons. The summed E-state index contributed by atoms with van der Waals surface area (Å²) >= 11 is 0. The fourth-order valence-electron chi connectivity index (χ4n) is 2.25. The van der Waals surface area contributed by atoms with Crippen LogP contribution < -0.4 is 4.74 Å². The van der Waals surface area contributed by atoms with E-state index in [4.69, 9.17) is 10.00 Å². The zero-order valence-corrected chi connectivity index (χ0v) is 10.2. The van der Waals surface area contributed by atoms with Gasteiger partial charge >= 0.3 is 0 Å². The summed E-state index contributed by atoms with van der Waals surface area (Å²) in [4.78, 5) is 2.36. The van der Waals surface area contributed by atoms with Crippen molar-refractivity contribution in [3.63, 3.8) is 0 Å². The molecule has 0 N–H and O–H groups in total. The number of benzene rings is 1.